The third kappa shape index (κ3) is 8.00. The van der Waals surface area contributed by atoms with E-state index in [1.807, 2.05) is 0 Å². The molecule has 3 heteroatoms. The molecule has 2 aromatic rings. The number of aryl methyl sites for hydroxylation is 2. The van der Waals surface area contributed by atoms with Gasteiger partial charge >= 0.3 is 6.16 Å². The van der Waals surface area contributed by atoms with Crippen molar-refractivity contribution in [3.05, 3.63) is 70.8 Å². The summed E-state index contributed by atoms with van der Waals surface area (Å²) in [7, 11) is 0. The fraction of sp³-hybridized carbons (Fsp3) is 0.552. The number of carbonyl (C=O) groups is 1. The van der Waals surface area contributed by atoms with Crippen LogP contribution in [0.15, 0.2) is 48.5 Å². The van der Waals surface area contributed by atoms with E-state index < -0.39 is 6.16 Å². The maximum absolute atomic E-state index is 12.8. The van der Waals surface area contributed by atoms with Crippen molar-refractivity contribution in [3.63, 3.8) is 0 Å². The molecule has 3 nitrogen and oxygen atoms in total. The van der Waals surface area contributed by atoms with E-state index in [1.54, 1.807) is 0 Å². The van der Waals surface area contributed by atoms with Crippen molar-refractivity contribution in [2.24, 2.45) is 11.8 Å². The number of unbranched alkanes of at least 4 members (excludes halogenated alkanes) is 2. The van der Waals surface area contributed by atoms with Crippen molar-refractivity contribution in [1.82, 2.24) is 0 Å². The van der Waals surface area contributed by atoms with Crippen molar-refractivity contribution in [1.29, 1.82) is 0 Å². The minimum absolute atomic E-state index is 0.152. The molecule has 0 spiro atoms. The van der Waals surface area contributed by atoms with E-state index >= 15 is 0 Å². The first kappa shape index (κ1) is 26.0. The zero-order valence-electron chi connectivity index (χ0n) is 20.9. The van der Waals surface area contributed by atoms with Crippen molar-refractivity contribution in [2.45, 2.75) is 92.3 Å². The lowest BCUT2D eigenvalue weighted by atomic mass is 9.96. The number of rotatable bonds is 12. The highest BCUT2D eigenvalue weighted by molar-refractivity contribution is 5.61. The molecule has 0 saturated heterocycles. The minimum atomic E-state index is -0.604. The van der Waals surface area contributed by atoms with Crippen LogP contribution in [0.1, 0.15) is 102 Å². The first-order chi connectivity index (χ1) is 15.3. The summed E-state index contributed by atoms with van der Waals surface area (Å²) in [6.45, 7) is 12.7. The van der Waals surface area contributed by atoms with E-state index in [0.717, 1.165) is 24.0 Å². The van der Waals surface area contributed by atoms with Gasteiger partial charge in [0, 0.05) is 0 Å². The van der Waals surface area contributed by atoms with Gasteiger partial charge in [0.1, 0.15) is 12.2 Å². The highest BCUT2D eigenvalue weighted by atomic mass is 16.7. The molecule has 0 heterocycles. The Labute approximate surface area is 195 Å². The largest absolute Gasteiger partial charge is 0.509 e. The molecule has 0 aliphatic rings. The molecule has 2 unspecified atom stereocenters. The highest BCUT2D eigenvalue weighted by Gasteiger charge is 2.26. The zero-order chi connectivity index (χ0) is 23.5. The third-order valence-electron chi connectivity index (χ3n) is 5.91. The van der Waals surface area contributed by atoms with Crippen LogP contribution in [-0.2, 0) is 22.3 Å². The van der Waals surface area contributed by atoms with E-state index in [9.17, 15) is 4.79 Å². The molecule has 0 amide bonds. The van der Waals surface area contributed by atoms with Gasteiger partial charge < -0.3 is 9.47 Å². The molecular weight excluding hydrogens is 396 g/mol. The molecule has 176 valence electrons. The SMILES string of the molecule is CCCCc1ccc(C(OC(=O)OC(c2ccc(CCCC)cc2)C(C)C)C(C)C)cc1. The molecule has 32 heavy (non-hydrogen) atoms. The van der Waals surface area contributed by atoms with E-state index in [4.69, 9.17) is 9.47 Å². The van der Waals surface area contributed by atoms with Gasteiger partial charge in [-0.15, -0.1) is 0 Å². The fourth-order valence-electron chi connectivity index (χ4n) is 3.92. The van der Waals surface area contributed by atoms with Gasteiger partial charge in [-0.3, -0.25) is 0 Å². The van der Waals surface area contributed by atoms with E-state index in [2.05, 4.69) is 90.1 Å². The third-order valence-corrected chi connectivity index (χ3v) is 5.91. The summed E-state index contributed by atoms with van der Waals surface area (Å²) in [5, 5.41) is 0. The molecule has 0 aliphatic heterocycles. The van der Waals surface area contributed by atoms with E-state index in [0.29, 0.717) is 0 Å². The van der Waals surface area contributed by atoms with Gasteiger partial charge in [-0.05, 0) is 59.8 Å². The Bertz CT molecular complexity index is 723. The Kier molecular flexibility index (Phi) is 10.8. The monoisotopic (exact) mass is 438 g/mol. The van der Waals surface area contributed by atoms with Crippen molar-refractivity contribution in [3.8, 4) is 0 Å². The molecule has 0 radical (unpaired) electrons. The van der Waals surface area contributed by atoms with Gasteiger partial charge in [-0.1, -0.05) is 103 Å². The summed E-state index contributed by atoms with van der Waals surface area (Å²) < 4.78 is 11.7. The van der Waals surface area contributed by atoms with Crippen LogP contribution in [0.4, 0.5) is 4.79 Å². The van der Waals surface area contributed by atoms with Gasteiger partial charge in [0.25, 0.3) is 0 Å². The van der Waals surface area contributed by atoms with E-state index in [-0.39, 0.29) is 24.0 Å². The van der Waals surface area contributed by atoms with Crippen LogP contribution in [0, 0.1) is 11.8 Å². The topological polar surface area (TPSA) is 35.5 Å². The normalized spacial score (nSPS) is 13.2. The van der Waals surface area contributed by atoms with Gasteiger partial charge in [0.05, 0.1) is 0 Å². The zero-order valence-corrected chi connectivity index (χ0v) is 20.9. The fourth-order valence-corrected chi connectivity index (χ4v) is 3.92. The van der Waals surface area contributed by atoms with Crippen LogP contribution in [0.3, 0.4) is 0 Å². The Hall–Kier alpha value is -2.29. The van der Waals surface area contributed by atoms with E-state index in [1.165, 1.54) is 36.8 Å². The molecule has 2 atom stereocenters. The number of benzene rings is 2. The quantitative estimate of drug-likeness (QED) is 0.311. The molecular formula is C29H42O3. The second kappa shape index (κ2) is 13.3. The molecule has 2 rings (SSSR count). The first-order valence-electron chi connectivity index (χ1n) is 12.4. The highest BCUT2D eigenvalue weighted by Crippen LogP contribution is 2.31. The predicted octanol–water partition coefficient (Wildman–Crippen LogP) is 8.62. The van der Waals surface area contributed by atoms with Gasteiger partial charge in [-0.2, -0.15) is 0 Å². The van der Waals surface area contributed by atoms with Crippen molar-refractivity contribution < 1.29 is 14.3 Å². The summed E-state index contributed by atoms with van der Waals surface area (Å²) in [6.07, 6.45) is 5.65. The second-order valence-corrected chi connectivity index (χ2v) is 9.51. The molecule has 0 bridgehead atoms. The summed E-state index contributed by atoms with van der Waals surface area (Å²) in [6, 6.07) is 16.9. The number of carbonyl (C=O) groups excluding carboxylic acids is 1. The van der Waals surface area contributed by atoms with Crippen LogP contribution in [0.5, 0.6) is 0 Å². The minimum Gasteiger partial charge on any atom is -0.426 e. The molecule has 0 aliphatic carbocycles. The Balaban J connectivity index is 2.06. The standard InChI is InChI=1S/C29H42O3/c1-7-9-11-23-13-17-25(18-14-23)27(21(3)4)31-29(30)32-28(22(5)6)26-19-15-24(16-20-26)12-10-8-2/h13-22,27-28H,7-12H2,1-6H3. The van der Waals surface area contributed by atoms with Crippen LogP contribution in [0.25, 0.3) is 0 Å². The van der Waals surface area contributed by atoms with Crippen LogP contribution < -0.4 is 0 Å². The Morgan fingerprint density at radius 3 is 1.28 bits per heavy atom. The molecule has 2 aromatic carbocycles. The van der Waals surface area contributed by atoms with Crippen molar-refractivity contribution >= 4 is 6.16 Å². The van der Waals surface area contributed by atoms with Crippen LogP contribution >= 0.6 is 0 Å². The maximum Gasteiger partial charge on any atom is 0.509 e. The molecule has 0 saturated carbocycles. The van der Waals surface area contributed by atoms with Crippen molar-refractivity contribution in [2.75, 3.05) is 0 Å². The summed E-state index contributed by atoms with van der Waals surface area (Å²) in [4.78, 5) is 12.8. The number of hydrogen-bond acceptors (Lipinski definition) is 3. The summed E-state index contributed by atoms with van der Waals surface area (Å²) in [5.74, 6) is 0.304. The first-order valence-corrected chi connectivity index (χ1v) is 12.4. The van der Waals surface area contributed by atoms with Gasteiger partial charge in [-0.25, -0.2) is 4.79 Å². The van der Waals surface area contributed by atoms with Gasteiger partial charge in [0.2, 0.25) is 0 Å². The second-order valence-electron chi connectivity index (χ2n) is 9.51. The molecule has 0 N–H and O–H groups in total. The number of ether oxygens (including phenoxy) is 2. The molecule has 0 aromatic heterocycles. The molecule has 0 fully saturated rings. The van der Waals surface area contributed by atoms with Crippen LogP contribution in [0.2, 0.25) is 0 Å². The lowest BCUT2D eigenvalue weighted by Gasteiger charge is -2.26. The maximum atomic E-state index is 12.8. The average Bonchev–Trinajstić information content (AvgIpc) is 2.78. The Morgan fingerprint density at radius 2 is 1.00 bits per heavy atom. The smallest absolute Gasteiger partial charge is 0.426 e. The average molecular weight is 439 g/mol. The summed E-state index contributed by atoms with van der Waals surface area (Å²) in [5.41, 5.74) is 4.67. The van der Waals surface area contributed by atoms with Crippen LogP contribution in [-0.4, -0.2) is 6.16 Å². The lowest BCUT2D eigenvalue weighted by Crippen LogP contribution is -2.21. The number of hydrogen-bond donors (Lipinski definition) is 0. The predicted molar refractivity (Wildman–Crippen MR) is 133 cm³/mol. The lowest BCUT2D eigenvalue weighted by molar-refractivity contribution is -0.0267. The summed E-state index contributed by atoms with van der Waals surface area (Å²) >= 11 is 0. The Morgan fingerprint density at radius 1 is 0.656 bits per heavy atom. The van der Waals surface area contributed by atoms with Gasteiger partial charge in [0.15, 0.2) is 0 Å².